The largest absolute Gasteiger partial charge is 0.390 e. The number of carbonyl (C=O) groups is 1. The highest BCUT2D eigenvalue weighted by atomic mass is 16.3. The van der Waals surface area contributed by atoms with Crippen LogP contribution in [0.3, 0.4) is 0 Å². The van der Waals surface area contributed by atoms with Crippen LogP contribution in [-0.4, -0.2) is 31.9 Å². The van der Waals surface area contributed by atoms with Gasteiger partial charge in [0.25, 0.3) is 5.91 Å². The highest BCUT2D eigenvalue weighted by Crippen LogP contribution is 2.31. The van der Waals surface area contributed by atoms with Crippen molar-refractivity contribution >= 4 is 5.91 Å². The molecule has 1 aromatic heterocycles. The van der Waals surface area contributed by atoms with Crippen molar-refractivity contribution < 1.29 is 9.90 Å². The third-order valence-electron chi connectivity index (χ3n) is 4.34. The number of fused-ring (bicyclic) bond motifs is 1. The van der Waals surface area contributed by atoms with Crippen LogP contribution in [0.15, 0.2) is 61.2 Å². The minimum Gasteiger partial charge on any atom is -0.390 e. The molecule has 24 heavy (non-hydrogen) atoms. The third-order valence-corrected chi connectivity index (χ3v) is 4.34. The van der Waals surface area contributed by atoms with Crippen molar-refractivity contribution in [2.75, 3.05) is 0 Å². The van der Waals surface area contributed by atoms with Gasteiger partial charge in [-0.2, -0.15) is 0 Å². The minimum atomic E-state index is -0.595. The van der Waals surface area contributed by atoms with Gasteiger partial charge >= 0.3 is 0 Å². The van der Waals surface area contributed by atoms with E-state index in [9.17, 15) is 9.90 Å². The van der Waals surface area contributed by atoms with Gasteiger partial charge in [0.2, 0.25) is 0 Å². The number of nitrogens with one attached hydrogen (secondary N) is 1. The van der Waals surface area contributed by atoms with Gasteiger partial charge in [-0.05, 0) is 35.4 Å². The normalized spacial score (nSPS) is 19.0. The van der Waals surface area contributed by atoms with Gasteiger partial charge in [0.05, 0.1) is 12.1 Å². The van der Waals surface area contributed by atoms with Gasteiger partial charge in [-0.15, -0.1) is 10.2 Å². The molecule has 2 N–H and O–H groups in total. The van der Waals surface area contributed by atoms with Gasteiger partial charge in [0.15, 0.2) is 0 Å². The Labute approximate surface area is 138 Å². The van der Waals surface area contributed by atoms with Crippen molar-refractivity contribution in [2.24, 2.45) is 0 Å². The van der Waals surface area contributed by atoms with E-state index in [0.717, 1.165) is 16.8 Å². The van der Waals surface area contributed by atoms with E-state index in [1.807, 2.05) is 36.4 Å². The summed E-state index contributed by atoms with van der Waals surface area (Å²) in [5, 5.41) is 20.7. The Hall–Kier alpha value is -2.99. The summed E-state index contributed by atoms with van der Waals surface area (Å²) in [7, 11) is 0. The molecule has 1 heterocycles. The molecule has 1 aliphatic carbocycles. The first-order valence-corrected chi connectivity index (χ1v) is 7.74. The molecule has 6 heteroatoms. The molecule has 2 atom stereocenters. The highest BCUT2D eigenvalue weighted by molar-refractivity contribution is 5.94. The van der Waals surface area contributed by atoms with Gasteiger partial charge in [-0.1, -0.05) is 24.3 Å². The number of amides is 1. The van der Waals surface area contributed by atoms with Gasteiger partial charge in [-0.3, -0.25) is 9.36 Å². The monoisotopic (exact) mass is 320 g/mol. The molecule has 0 saturated carbocycles. The van der Waals surface area contributed by atoms with Crippen molar-refractivity contribution in [3.05, 3.63) is 77.9 Å². The van der Waals surface area contributed by atoms with E-state index in [4.69, 9.17) is 0 Å². The van der Waals surface area contributed by atoms with Crippen LogP contribution in [0.25, 0.3) is 5.69 Å². The van der Waals surface area contributed by atoms with E-state index in [2.05, 4.69) is 15.5 Å². The van der Waals surface area contributed by atoms with Crippen LogP contribution in [0.1, 0.15) is 27.5 Å². The number of hydrogen-bond acceptors (Lipinski definition) is 4. The number of hydrogen-bond donors (Lipinski definition) is 2. The first-order valence-electron chi connectivity index (χ1n) is 7.74. The molecule has 6 nitrogen and oxygen atoms in total. The molecule has 1 amide bonds. The quantitative estimate of drug-likeness (QED) is 0.769. The number of aliphatic hydroxyl groups is 1. The van der Waals surface area contributed by atoms with E-state index >= 15 is 0 Å². The zero-order valence-electron chi connectivity index (χ0n) is 12.8. The molecule has 2 aromatic carbocycles. The van der Waals surface area contributed by atoms with Gasteiger partial charge in [0, 0.05) is 17.7 Å². The standard InChI is InChI=1S/C18H16N4O2/c23-16-9-13-3-1-2-4-15(13)17(16)21-18(24)12-5-7-14(8-6-12)22-10-19-20-11-22/h1-8,10-11,16-17,23H,9H2,(H,21,24). The summed E-state index contributed by atoms with van der Waals surface area (Å²) in [5.41, 5.74) is 3.49. The van der Waals surface area contributed by atoms with Gasteiger partial charge < -0.3 is 10.4 Å². The molecule has 4 rings (SSSR count). The average molecular weight is 320 g/mol. The van der Waals surface area contributed by atoms with Crippen molar-refractivity contribution in [1.29, 1.82) is 0 Å². The zero-order chi connectivity index (χ0) is 16.5. The lowest BCUT2D eigenvalue weighted by Crippen LogP contribution is -2.33. The van der Waals surface area contributed by atoms with Crippen LogP contribution in [0.4, 0.5) is 0 Å². The minimum absolute atomic E-state index is 0.203. The Balaban J connectivity index is 1.52. The summed E-state index contributed by atoms with van der Waals surface area (Å²) < 4.78 is 1.76. The van der Waals surface area contributed by atoms with Crippen LogP contribution in [0, 0.1) is 0 Å². The zero-order valence-corrected chi connectivity index (χ0v) is 12.8. The maximum atomic E-state index is 12.5. The van der Waals surface area contributed by atoms with Crippen LogP contribution >= 0.6 is 0 Å². The summed E-state index contributed by atoms with van der Waals surface area (Å²) in [6.07, 6.45) is 3.16. The topological polar surface area (TPSA) is 80.0 Å². The van der Waals surface area contributed by atoms with Crippen molar-refractivity contribution in [3.8, 4) is 5.69 Å². The fraction of sp³-hybridized carbons (Fsp3) is 0.167. The summed E-state index contributed by atoms with van der Waals surface area (Å²) >= 11 is 0. The summed E-state index contributed by atoms with van der Waals surface area (Å²) in [5.74, 6) is -0.203. The predicted octanol–water partition coefficient (Wildman–Crippen LogP) is 1.66. The van der Waals surface area contributed by atoms with E-state index in [1.54, 1.807) is 29.4 Å². The van der Waals surface area contributed by atoms with Crippen LogP contribution < -0.4 is 5.32 Å². The average Bonchev–Trinajstić information content (AvgIpc) is 3.24. The molecule has 2 unspecified atom stereocenters. The number of benzene rings is 2. The van der Waals surface area contributed by atoms with Crippen molar-refractivity contribution in [1.82, 2.24) is 20.1 Å². The molecule has 1 aliphatic rings. The number of aliphatic hydroxyl groups excluding tert-OH is 1. The molecule has 0 saturated heterocycles. The lowest BCUT2D eigenvalue weighted by atomic mass is 10.1. The second kappa shape index (κ2) is 5.90. The number of rotatable bonds is 3. The van der Waals surface area contributed by atoms with Crippen molar-refractivity contribution in [2.45, 2.75) is 18.6 Å². The molecular formula is C18H16N4O2. The first kappa shape index (κ1) is 14.6. The van der Waals surface area contributed by atoms with E-state index in [1.165, 1.54) is 0 Å². The Kier molecular flexibility index (Phi) is 3.59. The fourth-order valence-corrected chi connectivity index (χ4v) is 3.09. The number of nitrogens with zero attached hydrogens (tertiary/aromatic N) is 3. The Morgan fingerprint density at radius 2 is 1.79 bits per heavy atom. The van der Waals surface area contributed by atoms with E-state index in [-0.39, 0.29) is 11.9 Å². The smallest absolute Gasteiger partial charge is 0.251 e. The lowest BCUT2D eigenvalue weighted by molar-refractivity contribution is 0.0858. The SMILES string of the molecule is O=C(NC1c2ccccc2CC1O)c1ccc(-n2cnnc2)cc1. The molecular weight excluding hydrogens is 304 g/mol. The Morgan fingerprint density at radius 3 is 2.54 bits per heavy atom. The van der Waals surface area contributed by atoms with Crippen LogP contribution in [-0.2, 0) is 6.42 Å². The van der Waals surface area contributed by atoms with E-state index < -0.39 is 6.10 Å². The predicted molar refractivity (Wildman–Crippen MR) is 87.7 cm³/mol. The molecule has 0 fully saturated rings. The van der Waals surface area contributed by atoms with E-state index in [0.29, 0.717) is 12.0 Å². The molecule has 120 valence electrons. The maximum absolute atomic E-state index is 12.5. The molecule has 0 radical (unpaired) electrons. The number of carbonyl (C=O) groups excluding carboxylic acids is 1. The second-order valence-electron chi connectivity index (χ2n) is 5.84. The van der Waals surface area contributed by atoms with Gasteiger partial charge in [0.1, 0.15) is 12.7 Å². The Bertz CT molecular complexity index is 859. The molecule has 0 aliphatic heterocycles. The maximum Gasteiger partial charge on any atom is 0.251 e. The fourth-order valence-electron chi connectivity index (χ4n) is 3.09. The molecule has 0 bridgehead atoms. The van der Waals surface area contributed by atoms with Crippen LogP contribution in [0.5, 0.6) is 0 Å². The van der Waals surface area contributed by atoms with Crippen molar-refractivity contribution in [3.63, 3.8) is 0 Å². The summed E-state index contributed by atoms with van der Waals surface area (Å²) in [6, 6.07) is 14.6. The second-order valence-corrected chi connectivity index (χ2v) is 5.84. The summed E-state index contributed by atoms with van der Waals surface area (Å²) in [6.45, 7) is 0. The molecule has 3 aromatic rings. The third kappa shape index (κ3) is 2.57. The first-order chi connectivity index (χ1) is 11.7. The summed E-state index contributed by atoms with van der Waals surface area (Å²) in [4.78, 5) is 12.5. The van der Waals surface area contributed by atoms with Gasteiger partial charge in [-0.25, -0.2) is 0 Å². The highest BCUT2D eigenvalue weighted by Gasteiger charge is 2.31. The number of aromatic nitrogens is 3. The molecule has 0 spiro atoms. The van der Waals surface area contributed by atoms with Crippen LogP contribution in [0.2, 0.25) is 0 Å². The Morgan fingerprint density at radius 1 is 1.08 bits per heavy atom. The lowest BCUT2D eigenvalue weighted by Gasteiger charge is -2.18.